The first-order valence-corrected chi connectivity index (χ1v) is 11.3. The number of fused-ring (bicyclic) bond motifs is 1. The Morgan fingerprint density at radius 2 is 1.77 bits per heavy atom. The molecule has 4 rings (SSSR count). The van der Waals surface area contributed by atoms with Crippen LogP contribution in [0, 0.1) is 0 Å². The van der Waals surface area contributed by atoms with Gasteiger partial charge in [-0.05, 0) is 73.6 Å². The van der Waals surface area contributed by atoms with Gasteiger partial charge in [-0.25, -0.2) is 0 Å². The molecular weight excluding hydrogens is 374 g/mol. The largest absolute Gasteiger partial charge is 0.497 e. The van der Waals surface area contributed by atoms with Gasteiger partial charge in [-0.1, -0.05) is 18.2 Å². The Balaban J connectivity index is 1.25. The Labute approximate surface area is 180 Å². The summed E-state index contributed by atoms with van der Waals surface area (Å²) in [6, 6.07) is 15.0. The number of anilines is 1. The molecule has 160 valence electrons. The lowest BCUT2D eigenvalue weighted by molar-refractivity contribution is -0.892. The van der Waals surface area contributed by atoms with Crippen molar-refractivity contribution in [3.8, 4) is 5.75 Å². The minimum absolute atomic E-state index is 0.0599. The summed E-state index contributed by atoms with van der Waals surface area (Å²) in [7, 11) is 1.69. The predicted molar refractivity (Wildman–Crippen MR) is 120 cm³/mol. The maximum absolute atomic E-state index is 12.6. The Morgan fingerprint density at radius 1 is 1.07 bits per heavy atom. The quantitative estimate of drug-likeness (QED) is 0.770. The lowest BCUT2D eigenvalue weighted by atomic mass is 9.89. The molecular formula is C25H34N3O2+. The molecule has 5 heteroatoms. The third-order valence-corrected chi connectivity index (χ3v) is 6.57. The summed E-state index contributed by atoms with van der Waals surface area (Å²) >= 11 is 0. The van der Waals surface area contributed by atoms with Crippen LogP contribution in [0.15, 0.2) is 42.5 Å². The van der Waals surface area contributed by atoms with Gasteiger partial charge in [0.15, 0.2) is 6.54 Å². The molecule has 2 aromatic carbocycles. The van der Waals surface area contributed by atoms with Gasteiger partial charge in [-0.3, -0.25) is 4.79 Å². The van der Waals surface area contributed by atoms with Crippen molar-refractivity contribution in [1.29, 1.82) is 0 Å². The van der Waals surface area contributed by atoms with Gasteiger partial charge >= 0.3 is 0 Å². The van der Waals surface area contributed by atoms with Gasteiger partial charge < -0.3 is 19.9 Å². The molecule has 1 amide bonds. The van der Waals surface area contributed by atoms with Crippen LogP contribution in [0.2, 0.25) is 0 Å². The normalized spacial score (nSPS) is 17.9. The zero-order valence-electron chi connectivity index (χ0n) is 18.2. The highest BCUT2D eigenvalue weighted by Crippen LogP contribution is 2.24. The molecule has 0 bridgehead atoms. The van der Waals surface area contributed by atoms with E-state index in [0.29, 0.717) is 6.54 Å². The number of nitrogens with one attached hydrogen (secondary N) is 2. The van der Waals surface area contributed by atoms with Crippen LogP contribution in [0.5, 0.6) is 5.75 Å². The molecule has 0 spiro atoms. The molecule has 1 saturated heterocycles. The van der Waals surface area contributed by atoms with Crippen LogP contribution >= 0.6 is 0 Å². The Hall–Kier alpha value is -2.53. The molecule has 1 aliphatic carbocycles. The Bertz CT molecular complexity index is 857. The summed E-state index contributed by atoms with van der Waals surface area (Å²) in [4.78, 5) is 16.4. The number of hydrogen-bond donors (Lipinski definition) is 2. The maximum atomic E-state index is 12.6. The number of benzene rings is 2. The number of carbonyl (C=O) groups excluding carboxylic acids is 1. The first-order valence-electron chi connectivity index (χ1n) is 11.3. The molecule has 1 aliphatic heterocycles. The van der Waals surface area contributed by atoms with E-state index in [2.05, 4.69) is 47.5 Å². The molecule has 30 heavy (non-hydrogen) atoms. The molecule has 1 atom stereocenters. The van der Waals surface area contributed by atoms with E-state index in [1.165, 1.54) is 53.0 Å². The van der Waals surface area contributed by atoms with Crippen molar-refractivity contribution in [3.63, 3.8) is 0 Å². The van der Waals surface area contributed by atoms with Crippen molar-refractivity contribution in [1.82, 2.24) is 5.32 Å². The molecule has 1 fully saturated rings. The van der Waals surface area contributed by atoms with E-state index in [0.717, 1.165) is 31.9 Å². The fourth-order valence-corrected chi connectivity index (χ4v) is 4.68. The molecule has 0 unspecified atom stereocenters. The van der Waals surface area contributed by atoms with Gasteiger partial charge in [-0.15, -0.1) is 0 Å². The minimum Gasteiger partial charge on any atom is -0.497 e. The van der Waals surface area contributed by atoms with Crippen LogP contribution in [-0.2, 0) is 17.6 Å². The van der Waals surface area contributed by atoms with Gasteiger partial charge in [0.25, 0.3) is 5.91 Å². The zero-order chi connectivity index (χ0) is 20.9. The summed E-state index contributed by atoms with van der Waals surface area (Å²) in [6.45, 7) is 6.54. The van der Waals surface area contributed by atoms with Crippen molar-refractivity contribution < 1.29 is 14.4 Å². The highest BCUT2D eigenvalue weighted by Gasteiger charge is 2.23. The molecule has 2 aliphatic rings. The number of quaternary nitrogens is 1. The molecule has 2 N–H and O–H groups in total. The predicted octanol–water partition coefficient (Wildman–Crippen LogP) is 2.16. The van der Waals surface area contributed by atoms with Gasteiger partial charge in [0, 0.05) is 5.69 Å². The molecule has 1 heterocycles. The molecule has 5 nitrogen and oxygen atoms in total. The van der Waals surface area contributed by atoms with E-state index in [1.54, 1.807) is 7.11 Å². The number of carbonyl (C=O) groups is 1. The number of amides is 1. The first-order chi connectivity index (χ1) is 14.6. The number of hydrogen-bond acceptors (Lipinski definition) is 3. The molecule has 0 aromatic heterocycles. The highest BCUT2D eigenvalue weighted by molar-refractivity contribution is 5.77. The van der Waals surface area contributed by atoms with E-state index < -0.39 is 0 Å². The van der Waals surface area contributed by atoms with Crippen molar-refractivity contribution in [2.45, 2.75) is 38.6 Å². The summed E-state index contributed by atoms with van der Waals surface area (Å²) < 4.78 is 5.24. The lowest BCUT2D eigenvalue weighted by Gasteiger charge is -2.33. The van der Waals surface area contributed by atoms with Crippen LogP contribution < -0.4 is 19.9 Å². The fourth-order valence-electron chi connectivity index (χ4n) is 4.68. The molecule has 0 saturated carbocycles. The minimum atomic E-state index is 0.0599. The summed E-state index contributed by atoms with van der Waals surface area (Å²) in [6.07, 6.45) is 4.95. The fraction of sp³-hybridized carbons (Fsp3) is 0.480. The number of piperazine rings is 1. The Kier molecular flexibility index (Phi) is 6.58. The number of methoxy groups -OCH3 is 1. The number of ether oxygens (including phenoxy) is 1. The van der Waals surface area contributed by atoms with E-state index in [-0.39, 0.29) is 11.9 Å². The first kappa shape index (κ1) is 20.7. The van der Waals surface area contributed by atoms with E-state index in [1.807, 2.05) is 12.1 Å². The van der Waals surface area contributed by atoms with Crippen molar-refractivity contribution in [3.05, 3.63) is 59.2 Å². The molecule has 0 radical (unpaired) electrons. The van der Waals surface area contributed by atoms with E-state index in [9.17, 15) is 4.79 Å². The second-order valence-electron chi connectivity index (χ2n) is 8.64. The average molecular weight is 409 g/mol. The number of rotatable bonds is 6. The van der Waals surface area contributed by atoms with E-state index in [4.69, 9.17) is 4.74 Å². The zero-order valence-corrected chi connectivity index (χ0v) is 18.2. The van der Waals surface area contributed by atoms with Gasteiger partial charge in [0.05, 0.1) is 39.3 Å². The molecule has 2 aromatic rings. The smallest absolute Gasteiger partial charge is 0.275 e. The lowest BCUT2D eigenvalue weighted by Crippen LogP contribution is -3.15. The van der Waals surface area contributed by atoms with Crippen molar-refractivity contribution in [2.24, 2.45) is 0 Å². The topological polar surface area (TPSA) is 46.0 Å². The standard InChI is InChI=1S/C25H33N3O2/c1-19(21-8-7-20-5-3-4-6-22(20)17-21)26-25(29)18-27-13-15-28(16-14-27)23-9-11-24(30-2)12-10-23/h7-12,17,19H,3-6,13-16,18H2,1-2H3,(H,26,29)/p+1/t19-/m1/s1. The van der Waals surface area contributed by atoms with Crippen LogP contribution in [-0.4, -0.2) is 45.7 Å². The Morgan fingerprint density at radius 3 is 2.47 bits per heavy atom. The summed E-state index contributed by atoms with van der Waals surface area (Å²) in [5.41, 5.74) is 5.41. The van der Waals surface area contributed by atoms with Crippen LogP contribution in [0.3, 0.4) is 0 Å². The second-order valence-corrected chi connectivity index (χ2v) is 8.64. The van der Waals surface area contributed by atoms with Crippen molar-refractivity contribution in [2.75, 3.05) is 44.7 Å². The average Bonchev–Trinajstić information content (AvgIpc) is 2.79. The van der Waals surface area contributed by atoms with Crippen LogP contribution in [0.1, 0.15) is 42.5 Å². The maximum Gasteiger partial charge on any atom is 0.275 e. The third kappa shape index (κ3) is 4.96. The van der Waals surface area contributed by atoms with Gasteiger partial charge in [0.2, 0.25) is 0 Å². The van der Waals surface area contributed by atoms with E-state index >= 15 is 0 Å². The number of aryl methyl sites for hydroxylation is 2. The summed E-state index contributed by atoms with van der Waals surface area (Å²) in [5, 5.41) is 3.22. The van der Waals surface area contributed by atoms with Crippen LogP contribution in [0.25, 0.3) is 0 Å². The van der Waals surface area contributed by atoms with Crippen LogP contribution in [0.4, 0.5) is 5.69 Å². The number of nitrogens with zero attached hydrogens (tertiary/aromatic N) is 1. The van der Waals surface area contributed by atoms with Gasteiger partial charge in [0.1, 0.15) is 5.75 Å². The monoisotopic (exact) mass is 408 g/mol. The van der Waals surface area contributed by atoms with Crippen molar-refractivity contribution >= 4 is 11.6 Å². The summed E-state index contributed by atoms with van der Waals surface area (Å²) in [5.74, 6) is 1.03. The second kappa shape index (κ2) is 9.52. The third-order valence-electron chi connectivity index (χ3n) is 6.57. The highest BCUT2D eigenvalue weighted by atomic mass is 16.5. The SMILES string of the molecule is COc1ccc(N2CC[NH+](CC(=O)N[C@H](C)c3ccc4c(c3)CCCC4)CC2)cc1. The van der Waals surface area contributed by atoms with Gasteiger partial charge in [-0.2, -0.15) is 0 Å².